The Morgan fingerprint density at radius 3 is 2.67 bits per heavy atom. The van der Waals surface area contributed by atoms with Crippen LogP contribution >= 0.6 is 0 Å². The van der Waals surface area contributed by atoms with E-state index in [0.29, 0.717) is 38.4 Å². The highest BCUT2D eigenvalue weighted by molar-refractivity contribution is 5.93. The summed E-state index contributed by atoms with van der Waals surface area (Å²) in [5, 5.41) is 0. The van der Waals surface area contributed by atoms with Gasteiger partial charge in [0.05, 0.1) is 12.3 Å². The Balaban J connectivity index is 1.42. The molecule has 4 heterocycles. The van der Waals surface area contributed by atoms with Crippen LogP contribution in [0, 0.1) is 0 Å². The standard InChI is InChI=1S/C23H22N4O3/c28-21-18(7-4-11-24-21)22(29)27-12-9-23(10-13-27)19-17(8-14-30-23)15-25-20(26-19)16-5-2-1-3-6-16/h1-7,11,15H,8-10,12-14H2,(H,24,28). The van der Waals surface area contributed by atoms with Gasteiger partial charge in [-0.3, -0.25) is 9.59 Å². The van der Waals surface area contributed by atoms with Gasteiger partial charge in [0.15, 0.2) is 5.82 Å². The molecule has 0 bridgehead atoms. The third-order valence-corrected chi connectivity index (χ3v) is 5.98. The Morgan fingerprint density at radius 2 is 1.90 bits per heavy atom. The Labute approximate surface area is 173 Å². The number of nitrogens with zero attached hydrogens (tertiary/aromatic N) is 3. The van der Waals surface area contributed by atoms with Gasteiger partial charge in [-0.2, -0.15) is 0 Å². The number of pyridine rings is 1. The van der Waals surface area contributed by atoms with E-state index in [-0.39, 0.29) is 17.0 Å². The summed E-state index contributed by atoms with van der Waals surface area (Å²) in [4.78, 5) is 38.6. The zero-order valence-corrected chi connectivity index (χ0v) is 16.5. The van der Waals surface area contributed by atoms with Crippen molar-refractivity contribution >= 4 is 5.91 Å². The first-order valence-electron chi connectivity index (χ1n) is 10.2. The van der Waals surface area contributed by atoms with E-state index in [0.717, 1.165) is 23.2 Å². The fourth-order valence-electron chi connectivity index (χ4n) is 4.35. The minimum Gasteiger partial charge on any atom is -0.368 e. The van der Waals surface area contributed by atoms with Gasteiger partial charge in [0.2, 0.25) is 0 Å². The molecule has 1 saturated heterocycles. The average molecular weight is 402 g/mol. The second-order valence-corrected chi connectivity index (χ2v) is 7.73. The summed E-state index contributed by atoms with van der Waals surface area (Å²) < 4.78 is 6.29. The van der Waals surface area contributed by atoms with Gasteiger partial charge in [-0.25, -0.2) is 9.97 Å². The lowest BCUT2D eigenvalue weighted by Crippen LogP contribution is -2.49. The van der Waals surface area contributed by atoms with E-state index < -0.39 is 5.60 Å². The number of hydrogen-bond donors (Lipinski definition) is 1. The quantitative estimate of drug-likeness (QED) is 0.712. The second-order valence-electron chi connectivity index (χ2n) is 7.73. The third-order valence-electron chi connectivity index (χ3n) is 5.98. The maximum Gasteiger partial charge on any atom is 0.260 e. The Bertz CT molecular complexity index is 1130. The molecule has 1 amide bonds. The second kappa shape index (κ2) is 7.50. The van der Waals surface area contributed by atoms with Crippen LogP contribution in [0.5, 0.6) is 0 Å². The number of amides is 1. The molecule has 2 aromatic heterocycles. The highest BCUT2D eigenvalue weighted by atomic mass is 16.5. The minimum absolute atomic E-state index is 0.173. The molecule has 2 aliphatic heterocycles. The van der Waals surface area contributed by atoms with Crippen molar-refractivity contribution in [2.75, 3.05) is 19.7 Å². The van der Waals surface area contributed by atoms with E-state index in [2.05, 4.69) is 9.97 Å². The van der Waals surface area contributed by atoms with Gasteiger partial charge in [0.1, 0.15) is 11.2 Å². The zero-order chi connectivity index (χ0) is 20.6. The molecule has 7 heteroatoms. The zero-order valence-electron chi connectivity index (χ0n) is 16.5. The maximum atomic E-state index is 12.8. The molecule has 30 heavy (non-hydrogen) atoms. The number of ether oxygens (including phenoxy) is 1. The summed E-state index contributed by atoms with van der Waals surface area (Å²) in [7, 11) is 0. The number of fused-ring (bicyclic) bond motifs is 2. The van der Waals surface area contributed by atoms with Crippen molar-refractivity contribution in [3.63, 3.8) is 0 Å². The minimum atomic E-state index is -0.514. The summed E-state index contributed by atoms with van der Waals surface area (Å²) in [6.45, 7) is 1.64. The molecule has 0 atom stereocenters. The summed E-state index contributed by atoms with van der Waals surface area (Å²) in [5.74, 6) is 0.448. The predicted octanol–water partition coefficient (Wildman–Crippen LogP) is 2.54. The fourth-order valence-corrected chi connectivity index (χ4v) is 4.35. The number of likely N-dealkylation sites (tertiary alicyclic amines) is 1. The van der Waals surface area contributed by atoms with Gasteiger partial charge in [-0.1, -0.05) is 30.3 Å². The highest BCUT2D eigenvalue weighted by Gasteiger charge is 2.43. The van der Waals surface area contributed by atoms with Gasteiger partial charge in [-0.05, 0) is 37.0 Å². The molecule has 0 saturated carbocycles. The molecule has 3 aromatic rings. The van der Waals surface area contributed by atoms with Crippen molar-refractivity contribution in [2.24, 2.45) is 0 Å². The number of aromatic amines is 1. The van der Waals surface area contributed by atoms with Crippen molar-refractivity contribution in [3.8, 4) is 11.4 Å². The number of aromatic nitrogens is 3. The number of benzene rings is 1. The lowest BCUT2D eigenvalue weighted by Gasteiger charge is -2.44. The summed E-state index contributed by atoms with van der Waals surface area (Å²) in [6.07, 6.45) is 5.51. The molecule has 152 valence electrons. The monoisotopic (exact) mass is 402 g/mol. The van der Waals surface area contributed by atoms with Gasteiger partial charge in [0.25, 0.3) is 11.5 Å². The summed E-state index contributed by atoms with van der Waals surface area (Å²) in [6, 6.07) is 13.1. The van der Waals surface area contributed by atoms with E-state index in [1.54, 1.807) is 17.0 Å². The molecule has 7 nitrogen and oxygen atoms in total. The first-order valence-corrected chi connectivity index (χ1v) is 10.2. The third kappa shape index (κ3) is 3.21. The molecule has 0 unspecified atom stereocenters. The van der Waals surface area contributed by atoms with Crippen LogP contribution in [-0.4, -0.2) is 45.5 Å². The Morgan fingerprint density at radius 1 is 1.10 bits per heavy atom. The summed E-state index contributed by atoms with van der Waals surface area (Å²) in [5.41, 5.74) is 2.32. The van der Waals surface area contributed by atoms with Crippen LogP contribution in [0.1, 0.15) is 34.5 Å². The number of carbonyl (C=O) groups is 1. The van der Waals surface area contributed by atoms with Crippen LogP contribution < -0.4 is 5.56 Å². The van der Waals surface area contributed by atoms with Crippen molar-refractivity contribution in [2.45, 2.75) is 24.9 Å². The van der Waals surface area contributed by atoms with Gasteiger partial charge in [-0.15, -0.1) is 0 Å². The molecule has 1 spiro atoms. The van der Waals surface area contributed by atoms with Crippen LogP contribution in [-0.2, 0) is 16.8 Å². The molecule has 0 aliphatic carbocycles. The van der Waals surface area contributed by atoms with Crippen molar-refractivity contribution in [3.05, 3.63) is 82.0 Å². The molecule has 5 rings (SSSR count). The van der Waals surface area contributed by atoms with Crippen molar-refractivity contribution in [1.82, 2.24) is 19.9 Å². The van der Waals surface area contributed by atoms with Crippen molar-refractivity contribution in [1.29, 1.82) is 0 Å². The first-order chi connectivity index (χ1) is 14.7. The molecule has 2 aliphatic rings. The van der Waals surface area contributed by atoms with E-state index in [1.807, 2.05) is 36.5 Å². The molecule has 1 aromatic carbocycles. The normalized spacial score (nSPS) is 17.5. The topological polar surface area (TPSA) is 88.2 Å². The van der Waals surface area contributed by atoms with Gasteiger partial charge < -0.3 is 14.6 Å². The van der Waals surface area contributed by atoms with Crippen molar-refractivity contribution < 1.29 is 9.53 Å². The van der Waals surface area contributed by atoms with Crippen LogP contribution in [0.15, 0.2) is 59.7 Å². The largest absolute Gasteiger partial charge is 0.368 e. The Hall–Kier alpha value is -3.32. The number of carbonyl (C=O) groups excluding carboxylic acids is 1. The highest BCUT2D eigenvalue weighted by Crippen LogP contribution is 2.41. The molecule has 1 N–H and O–H groups in total. The number of rotatable bonds is 2. The van der Waals surface area contributed by atoms with Crippen LogP contribution in [0.2, 0.25) is 0 Å². The van der Waals surface area contributed by atoms with Gasteiger partial charge >= 0.3 is 0 Å². The van der Waals surface area contributed by atoms with E-state index >= 15 is 0 Å². The SMILES string of the molecule is O=C(c1ccc[nH]c1=O)N1CCC2(CC1)OCCc1cnc(-c3ccccc3)nc12. The number of H-pyrrole nitrogens is 1. The number of hydrogen-bond acceptors (Lipinski definition) is 5. The van der Waals surface area contributed by atoms with E-state index in [1.165, 1.54) is 6.20 Å². The lowest BCUT2D eigenvalue weighted by atomic mass is 9.83. The molecular weight excluding hydrogens is 380 g/mol. The smallest absolute Gasteiger partial charge is 0.260 e. The molecule has 0 radical (unpaired) electrons. The maximum absolute atomic E-state index is 12.8. The number of nitrogens with one attached hydrogen (secondary N) is 1. The van der Waals surface area contributed by atoms with Crippen LogP contribution in [0.25, 0.3) is 11.4 Å². The fraction of sp³-hybridized carbons (Fsp3) is 0.304. The average Bonchev–Trinajstić information content (AvgIpc) is 2.80. The molecular formula is C23H22N4O3. The van der Waals surface area contributed by atoms with Gasteiger partial charge in [0, 0.05) is 31.0 Å². The van der Waals surface area contributed by atoms with Crippen LogP contribution in [0.3, 0.4) is 0 Å². The first kappa shape index (κ1) is 18.7. The lowest BCUT2D eigenvalue weighted by molar-refractivity contribution is -0.0967. The van der Waals surface area contributed by atoms with E-state index in [9.17, 15) is 9.59 Å². The van der Waals surface area contributed by atoms with Crippen LogP contribution in [0.4, 0.5) is 0 Å². The Kier molecular flexibility index (Phi) is 4.67. The van der Waals surface area contributed by atoms with E-state index in [4.69, 9.17) is 9.72 Å². The number of piperidine rings is 1. The predicted molar refractivity (Wildman–Crippen MR) is 111 cm³/mol. The summed E-state index contributed by atoms with van der Waals surface area (Å²) >= 11 is 0. The molecule has 1 fully saturated rings.